The molecular weight excluding hydrogens is 268 g/mol. The highest BCUT2D eigenvalue weighted by Crippen LogP contribution is 2.37. The first-order valence-corrected chi connectivity index (χ1v) is 6.46. The molecule has 0 aromatic heterocycles. The lowest BCUT2D eigenvalue weighted by atomic mass is 10.2. The van der Waals surface area contributed by atoms with Gasteiger partial charge in [0, 0.05) is 6.54 Å². The van der Waals surface area contributed by atoms with Gasteiger partial charge in [0.2, 0.25) is 0 Å². The number of para-hydroxylation sites is 1. The van der Waals surface area contributed by atoms with Crippen LogP contribution in [-0.4, -0.2) is 7.11 Å². The molecule has 0 heterocycles. The van der Waals surface area contributed by atoms with Crippen LogP contribution in [0.15, 0.2) is 46.2 Å². The molecule has 0 radical (unpaired) electrons. The molecular formula is C14H13F2NOS. The van der Waals surface area contributed by atoms with Gasteiger partial charge in [-0.2, -0.15) is 0 Å². The summed E-state index contributed by atoms with van der Waals surface area (Å²) in [6.07, 6.45) is 0. The summed E-state index contributed by atoms with van der Waals surface area (Å²) >= 11 is 0.995. The zero-order valence-electron chi connectivity index (χ0n) is 10.3. The number of methoxy groups -OCH3 is 1. The fourth-order valence-corrected chi connectivity index (χ4v) is 2.57. The second-order valence-corrected chi connectivity index (χ2v) is 4.90. The Morgan fingerprint density at radius 1 is 1.16 bits per heavy atom. The number of rotatable bonds is 4. The number of benzene rings is 2. The fraction of sp³-hybridized carbons (Fsp3) is 0.143. The third kappa shape index (κ3) is 3.05. The fourth-order valence-electron chi connectivity index (χ4n) is 1.64. The van der Waals surface area contributed by atoms with E-state index in [1.165, 1.54) is 19.2 Å². The Kier molecular flexibility index (Phi) is 4.39. The van der Waals surface area contributed by atoms with Crippen molar-refractivity contribution in [2.24, 2.45) is 5.73 Å². The summed E-state index contributed by atoms with van der Waals surface area (Å²) in [5.41, 5.74) is 5.81. The maximum Gasteiger partial charge on any atom is 0.140 e. The predicted molar refractivity (Wildman–Crippen MR) is 71.4 cm³/mol. The molecule has 2 rings (SSSR count). The van der Waals surface area contributed by atoms with Crippen molar-refractivity contribution in [3.05, 3.63) is 53.6 Å². The van der Waals surface area contributed by atoms with Crippen molar-refractivity contribution in [1.29, 1.82) is 0 Å². The highest BCUT2D eigenvalue weighted by atomic mass is 32.2. The van der Waals surface area contributed by atoms with E-state index in [-0.39, 0.29) is 11.4 Å². The number of hydrogen-bond donors (Lipinski definition) is 1. The van der Waals surface area contributed by atoms with Gasteiger partial charge in [0.15, 0.2) is 0 Å². The third-order valence-electron chi connectivity index (χ3n) is 2.57. The summed E-state index contributed by atoms with van der Waals surface area (Å²) in [7, 11) is 1.52. The number of nitrogens with two attached hydrogens (primary N) is 1. The topological polar surface area (TPSA) is 35.2 Å². The Morgan fingerprint density at radius 3 is 2.37 bits per heavy atom. The van der Waals surface area contributed by atoms with E-state index in [0.717, 1.165) is 11.8 Å². The molecule has 2 aromatic carbocycles. The molecule has 0 saturated carbocycles. The first-order valence-electron chi connectivity index (χ1n) is 5.64. The monoisotopic (exact) mass is 281 g/mol. The highest BCUT2D eigenvalue weighted by molar-refractivity contribution is 7.99. The molecule has 0 unspecified atom stereocenters. The largest absolute Gasteiger partial charge is 0.496 e. The minimum absolute atomic E-state index is 0.0540. The van der Waals surface area contributed by atoms with Gasteiger partial charge in [0.05, 0.1) is 16.9 Å². The summed E-state index contributed by atoms with van der Waals surface area (Å²) < 4.78 is 32.9. The molecule has 0 fully saturated rings. The molecule has 0 saturated heterocycles. The van der Waals surface area contributed by atoms with Crippen LogP contribution in [0.1, 0.15) is 5.56 Å². The van der Waals surface area contributed by atoms with Gasteiger partial charge < -0.3 is 10.5 Å². The van der Waals surface area contributed by atoms with Gasteiger partial charge in [-0.25, -0.2) is 8.78 Å². The first-order chi connectivity index (χ1) is 9.15. The van der Waals surface area contributed by atoms with Crippen LogP contribution in [0.3, 0.4) is 0 Å². The van der Waals surface area contributed by atoms with Crippen LogP contribution in [0.5, 0.6) is 5.75 Å². The number of ether oxygens (including phenoxy) is 1. The SMILES string of the molecule is COc1ccccc1Sc1c(F)cc(CN)cc1F. The van der Waals surface area contributed by atoms with Crippen LogP contribution in [0, 0.1) is 11.6 Å². The van der Waals surface area contributed by atoms with Gasteiger partial charge >= 0.3 is 0 Å². The molecule has 100 valence electrons. The van der Waals surface area contributed by atoms with Gasteiger partial charge in [0.1, 0.15) is 17.4 Å². The van der Waals surface area contributed by atoms with Crippen molar-refractivity contribution in [2.45, 2.75) is 16.3 Å². The molecule has 0 aliphatic carbocycles. The van der Waals surface area contributed by atoms with Crippen LogP contribution in [-0.2, 0) is 6.54 Å². The highest BCUT2D eigenvalue weighted by Gasteiger charge is 2.14. The average molecular weight is 281 g/mol. The molecule has 0 aliphatic heterocycles. The molecule has 5 heteroatoms. The van der Waals surface area contributed by atoms with Crippen LogP contribution < -0.4 is 10.5 Å². The molecule has 2 aromatic rings. The Hall–Kier alpha value is -1.59. The molecule has 2 nitrogen and oxygen atoms in total. The van der Waals surface area contributed by atoms with Gasteiger partial charge in [-0.15, -0.1) is 0 Å². The quantitative estimate of drug-likeness (QED) is 0.930. The lowest BCUT2D eigenvalue weighted by Crippen LogP contribution is -1.99. The molecule has 0 aliphatic rings. The van der Waals surface area contributed by atoms with Crippen molar-refractivity contribution in [2.75, 3.05) is 7.11 Å². The van der Waals surface area contributed by atoms with E-state index in [2.05, 4.69) is 0 Å². The molecule has 2 N–H and O–H groups in total. The van der Waals surface area contributed by atoms with Crippen LogP contribution in [0.25, 0.3) is 0 Å². The van der Waals surface area contributed by atoms with E-state index in [0.29, 0.717) is 16.2 Å². The molecule has 0 bridgehead atoms. The second-order valence-electron chi connectivity index (χ2n) is 3.85. The summed E-state index contributed by atoms with van der Waals surface area (Å²) in [6, 6.07) is 9.58. The molecule has 0 spiro atoms. The van der Waals surface area contributed by atoms with E-state index < -0.39 is 11.6 Å². The van der Waals surface area contributed by atoms with E-state index in [9.17, 15) is 8.78 Å². The van der Waals surface area contributed by atoms with Gasteiger partial charge in [0.25, 0.3) is 0 Å². The number of hydrogen-bond acceptors (Lipinski definition) is 3. The maximum absolute atomic E-state index is 13.9. The van der Waals surface area contributed by atoms with E-state index >= 15 is 0 Å². The molecule has 0 atom stereocenters. The minimum Gasteiger partial charge on any atom is -0.496 e. The van der Waals surface area contributed by atoms with E-state index in [4.69, 9.17) is 10.5 Å². The second kappa shape index (κ2) is 6.04. The van der Waals surface area contributed by atoms with Crippen LogP contribution in [0.2, 0.25) is 0 Å². The van der Waals surface area contributed by atoms with Crippen LogP contribution >= 0.6 is 11.8 Å². The van der Waals surface area contributed by atoms with Crippen LogP contribution in [0.4, 0.5) is 8.78 Å². The molecule has 0 amide bonds. The summed E-state index contributed by atoms with van der Waals surface area (Å²) in [6.45, 7) is 0.105. The first kappa shape index (κ1) is 13.8. The van der Waals surface area contributed by atoms with Crippen molar-refractivity contribution in [1.82, 2.24) is 0 Å². The zero-order chi connectivity index (χ0) is 13.8. The summed E-state index contributed by atoms with van der Waals surface area (Å²) in [4.78, 5) is 0.602. The third-order valence-corrected chi connectivity index (χ3v) is 3.73. The predicted octanol–water partition coefficient (Wildman–Crippen LogP) is 3.58. The molecule has 19 heavy (non-hydrogen) atoms. The number of halogens is 2. The summed E-state index contributed by atoms with van der Waals surface area (Å²) in [5.74, 6) is -0.651. The van der Waals surface area contributed by atoms with Crippen molar-refractivity contribution < 1.29 is 13.5 Å². The standard InChI is InChI=1S/C14H13F2NOS/c1-18-12-4-2-3-5-13(12)19-14-10(15)6-9(8-17)7-11(14)16/h2-7H,8,17H2,1H3. The smallest absolute Gasteiger partial charge is 0.140 e. The van der Waals surface area contributed by atoms with Gasteiger partial charge in [-0.3, -0.25) is 0 Å². The van der Waals surface area contributed by atoms with Crippen molar-refractivity contribution in [3.8, 4) is 5.75 Å². The summed E-state index contributed by atoms with van der Waals surface area (Å²) in [5, 5.41) is 0. The minimum atomic E-state index is -0.614. The lowest BCUT2D eigenvalue weighted by molar-refractivity contribution is 0.404. The van der Waals surface area contributed by atoms with E-state index in [1.807, 2.05) is 0 Å². The normalized spacial score (nSPS) is 10.5. The van der Waals surface area contributed by atoms with Crippen molar-refractivity contribution >= 4 is 11.8 Å². The van der Waals surface area contributed by atoms with Crippen molar-refractivity contribution in [3.63, 3.8) is 0 Å². The Bertz CT molecular complexity index is 566. The van der Waals surface area contributed by atoms with Gasteiger partial charge in [-0.1, -0.05) is 23.9 Å². The Labute approximate surface area is 114 Å². The van der Waals surface area contributed by atoms with E-state index in [1.54, 1.807) is 24.3 Å². The zero-order valence-corrected chi connectivity index (χ0v) is 11.1. The lowest BCUT2D eigenvalue weighted by Gasteiger charge is -2.10. The Morgan fingerprint density at radius 2 is 1.79 bits per heavy atom. The average Bonchev–Trinajstić information content (AvgIpc) is 2.43. The van der Waals surface area contributed by atoms with Gasteiger partial charge in [-0.05, 0) is 29.8 Å². The maximum atomic E-state index is 13.9. The Balaban J connectivity index is 2.38.